The highest BCUT2D eigenvalue weighted by Crippen LogP contribution is 2.21. The molecular formula is C16H19N3O. The van der Waals surface area contributed by atoms with E-state index in [2.05, 4.69) is 11.1 Å². The minimum atomic E-state index is -0.125. The molecule has 0 aliphatic rings. The first kappa shape index (κ1) is 14.2. The van der Waals surface area contributed by atoms with E-state index in [0.29, 0.717) is 12.2 Å². The summed E-state index contributed by atoms with van der Waals surface area (Å²) in [5.74, 6) is -0.125. The lowest BCUT2D eigenvalue weighted by Crippen LogP contribution is -2.27. The number of pyridine rings is 1. The Morgan fingerprint density at radius 3 is 2.55 bits per heavy atom. The van der Waals surface area contributed by atoms with Crippen molar-refractivity contribution >= 4 is 11.6 Å². The Labute approximate surface area is 119 Å². The topological polar surface area (TPSA) is 59.2 Å². The Bertz CT molecular complexity index is 620. The lowest BCUT2D eigenvalue weighted by molar-refractivity contribution is 0.0988. The lowest BCUT2D eigenvalue weighted by Gasteiger charge is -2.19. The quantitative estimate of drug-likeness (QED) is 0.931. The number of hydrogen-bond donors (Lipinski definition) is 1. The van der Waals surface area contributed by atoms with E-state index in [1.54, 1.807) is 24.2 Å². The van der Waals surface area contributed by atoms with Gasteiger partial charge < -0.3 is 10.6 Å². The summed E-state index contributed by atoms with van der Waals surface area (Å²) >= 11 is 0. The Morgan fingerprint density at radius 1 is 1.25 bits per heavy atom. The Morgan fingerprint density at radius 2 is 2.00 bits per heavy atom. The van der Waals surface area contributed by atoms with Crippen LogP contribution in [-0.2, 0) is 6.54 Å². The van der Waals surface area contributed by atoms with E-state index in [1.807, 2.05) is 32.0 Å². The third-order valence-corrected chi connectivity index (χ3v) is 3.30. The first-order chi connectivity index (χ1) is 9.52. The minimum absolute atomic E-state index is 0.125. The highest BCUT2D eigenvalue weighted by atomic mass is 16.2. The molecule has 0 atom stereocenters. The molecular weight excluding hydrogens is 250 g/mol. The molecule has 0 saturated heterocycles. The van der Waals surface area contributed by atoms with Crippen molar-refractivity contribution in [3.05, 3.63) is 58.9 Å². The first-order valence-corrected chi connectivity index (χ1v) is 6.53. The standard InChI is InChI=1S/C16H19N3O/c1-11-4-7-15(12(2)8-11)19(3)16(20)14-6-5-13(9-17)10-18-14/h4-8,10H,9,17H2,1-3H3. The van der Waals surface area contributed by atoms with Crippen LogP contribution < -0.4 is 10.6 Å². The van der Waals surface area contributed by atoms with Crippen LogP contribution in [0.25, 0.3) is 0 Å². The molecule has 2 rings (SSSR count). The van der Waals surface area contributed by atoms with E-state index < -0.39 is 0 Å². The summed E-state index contributed by atoms with van der Waals surface area (Å²) in [5, 5.41) is 0. The molecule has 2 N–H and O–H groups in total. The molecule has 0 unspecified atom stereocenters. The Balaban J connectivity index is 2.27. The molecule has 20 heavy (non-hydrogen) atoms. The summed E-state index contributed by atoms with van der Waals surface area (Å²) in [7, 11) is 1.76. The molecule has 0 bridgehead atoms. The fourth-order valence-electron chi connectivity index (χ4n) is 2.13. The zero-order valence-electron chi connectivity index (χ0n) is 12.1. The predicted octanol–water partition coefficient (Wildman–Crippen LogP) is 2.43. The van der Waals surface area contributed by atoms with Crippen LogP contribution >= 0.6 is 0 Å². The van der Waals surface area contributed by atoms with Crippen LogP contribution in [-0.4, -0.2) is 17.9 Å². The molecule has 0 aliphatic heterocycles. The molecule has 2 aromatic rings. The van der Waals surface area contributed by atoms with Gasteiger partial charge in [-0.2, -0.15) is 0 Å². The zero-order chi connectivity index (χ0) is 14.7. The van der Waals surface area contributed by atoms with Gasteiger partial charge in [0, 0.05) is 25.5 Å². The number of anilines is 1. The van der Waals surface area contributed by atoms with E-state index in [9.17, 15) is 4.79 Å². The summed E-state index contributed by atoms with van der Waals surface area (Å²) in [4.78, 5) is 18.2. The summed E-state index contributed by atoms with van der Waals surface area (Å²) in [6.45, 7) is 4.46. The molecule has 0 spiro atoms. The molecule has 0 saturated carbocycles. The van der Waals surface area contributed by atoms with E-state index >= 15 is 0 Å². The van der Waals surface area contributed by atoms with Gasteiger partial charge in [0.05, 0.1) is 0 Å². The number of nitrogens with two attached hydrogens (primary N) is 1. The number of aromatic nitrogens is 1. The van der Waals surface area contributed by atoms with Gasteiger partial charge in [-0.25, -0.2) is 0 Å². The number of hydrogen-bond acceptors (Lipinski definition) is 3. The van der Waals surface area contributed by atoms with Gasteiger partial charge >= 0.3 is 0 Å². The van der Waals surface area contributed by atoms with Gasteiger partial charge in [0.15, 0.2) is 0 Å². The van der Waals surface area contributed by atoms with E-state index in [0.717, 1.165) is 16.8 Å². The molecule has 1 aromatic carbocycles. The first-order valence-electron chi connectivity index (χ1n) is 6.53. The number of nitrogens with zero attached hydrogens (tertiary/aromatic N) is 2. The monoisotopic (exact) mass is 269 g/mol. The second kappa shape index (κ2) is 5.84. The van der Waals surface area contributed by atoms with Crippen LogP contribution in [0.4, 0.5) is 5.69 Å². The van der Waals surface area contributed by atoms with Gasteiger partial charge in [0.2, 0.25) is 0 Å². The van der Waals surface area contributed by atoms with Crippen LogP contribution in [0.3, 0.4) is 0 Å². The third-order valence-electron chi connectivity index (χ3n) is 3.30. The van der Waals surface area contributed by atoms with Crippen molar-refractivity contribution in [2.45, 2.75) is 20.4 Å². The van der Waals surface area contributed by atoms with Gasteiger partial charge in [-0.1, -0.05) is 23.8 Å². The largest absolute Gasteiger partial charge is 0.326 e. The van der Waals surface area contributed by atoms with Crippen molar-refractivity contribution in [2.75, 3.05) is 11.9 Å². The molecule has 1 aromatic heterocycles. The van der Waals surface area contributed by atoms with Crippen LogP contribution in [0.1, 0.15) is 27.2 Å². The summed E-state index contributed by atoms with van der Waals surface area (Å²) in [6, 6.07) is 9.55. The van der Waals surface area contributed by atoms with Crippen LogP contribution in [0.5, 0.6) is 0 Å². The number of aryl methyl sites for hydroxylation is 2. The van der Waals surface area contributed by atoms with Gasteiger partial charge in [-0.3, -0.25) is 9.78 Å². The second-order valence-corrected chi connectivity index (χ2v) is 4.91. The minimum Gasteiger partial charge on any atom is -0.326 e. The van der Waals surface area contributed by atoms with E-state index in [1.165, 1.54) is 5.56 Å². The molecule has 4 nitrogen and oxygen atoms in total. The van der Waals surface area contributed by atoms with Crippen molar-refractivity contribution in [1.29, 1.82) is 0 Å². The fourth-order valence-corrected chi connectivity index (χ4v) is 2.13. The Kier molecular flexibility index (Phi) is 4.15. The number of benzene rings is 1. The van der Waals surface area contributed by atoms with Crippen LogP contribution in [0.15, 0.2) is 36.5 Å². The van der Waals surface area contributed by atoms with Gasteiger partial charge in [-0.15, -0.1) is 0 Å². The van der Waals surface area contributed by atoms with Crippen molar-refractivity contribution in [1.82, 2.24) is 4.98 Å². The number of amides is 1. The van der Waals surface area contributed by atoms with E-state index in [-0.39, 0.29) is 5.91 Å². The molecule has 104 valence electrons. The van der Waals surface area contributed by atoms with Crippen LogP contribution in [0, 0.1) is 13.8 Å². The molecule has 0 aliphatic carbocycles. The van der Waals surface area contributed by atoms with Gasteiger partial charge in [-0.05, 0) is 37.1 Å². The number of carbonyl (C=O) groups is 1. The Hall–Kier alpha value is -2.20. The second-order valence-electron chi connectivity index (χ2n) is 4.91. The van der Waals surface area contributed by atoms with Crippen molar-refractivity contribution in [2.24, 2.45) is 5.73 Å². The SMILES string of the molecule is Cc1ccc(N(C)C(=O)c2ccc(CN)cn2)c(C)c1. The van der Waals surface area contributed by atoms with Gasteiger partial charge in [0.25, 0.3) is 5.91 Å². The van der Waals surface area contributed by atoms with Gasteiger partial charge in [0.1, 0.15) is 5.69 Å². The molecule has 0 radical (unpaired) electrons. The number of rotatable bonds is 3. The predicted molar refractivity (Wildman–Crippen MR) is 80.8 cm³/mol. The molecule has 1 heterocycles. The highest BCUT2D eigenvalue weighted by molar-refractivity contribution is 6.04. The van der Waals surface area contributed by atoms with Crippen molar-refractivity contribution in [3.63, 3.8) is 0 Å². The highest BCUT2D eigenvalue weighted by Gasteiger charge is 2.16. The van der Waals surface area contributed by atoms with Crippen molar-refractivity contribution < 1.29 is 4.79 Å². The molecule has 1 amide bonds. The average Bonchev–Trinajstić information content (AvgIpc) is 2.46. The third kappa shape index (κ3) is 2.86. The van der Waals surface area contributed by atoms with E-state index in [4.69, 9.17) is 5.73 Å². The van der Waals surface area contributed by atoms with Crippen molar-refractivity contribution in [3.8, 4) is 0 Å². The lowest BCUT2D eigenvalue weighted by atomic mass is 10.1. The van der Waals surface area contributed by atoms with Crippen LogP contribution in [0.2, 0.25) is 0 Å². The summed E-state index contributed by atoms with van der Waals surface area (Å²) < 4.78 is 0. The average molecular weight is 269 g/mol. The maximum absolute atomic E-state index is 12.4. The number of carbonyl (C=O) groups excluding carboxylic acids is 1. The zero-order valence-corrected chi connectivity index (χ0v) is 12.1. The maximum atomic E-state index is 12.4. The smallest absolute Gasteiger partial charge is 0.276 e. The normalized spacial score (nSPS) is 10.4. The fraction of sp³-hybridized carbons (Fsp3) is 0.250. The maximum Gasteiger partial charge on any atom is 0.276 e. The summed E-state index contributed by atoms with van der Waals surface area (Å²) in [6.07, 6.45) is 1.64. The summed E-state index contributed by atoms with van der Waals surface area (Å²) in [5.41, 5.74) is 10.0. The molecule has 4 heteroatoms. The molecule has 0 fully saturated rings.